The minimum atomic E-state index is -0.177. The second kappa shape index (κ2) is 9.68. The summed E-state index contributed by atoms with van der Waals surface area (Å²) < 4.78 is 0. The van der Waals surface area contributed by atoms with Gasteiger partial charge in [-0.15, -0.1) is 0 Å². The number of amides is 1. The van der Waals surface area contributed by atoms with Crippen LogP contribution in [0, 0.1) is 31.1 Å². The van der Waals surface area contributed by atoms with Crippen molar-refractivity contribution in [3.8, 4) is 6.07 Å². The summed E-state index contributed by atoms with van der Waals surface area (Å²) >= 11 is 1.36. The van der Waals surface area contributed by atoms with E-state index in [1.54, 1.807) is 0 Å². The molecule has 0 saturated heterocycles. The van der Waals surface area contributed by atoms with Crippen molar-refractivity contribution in [2.24, 2.45) is 5.92 Å². The van der Waals surface area contributed by atoms with Gasteiger partial charge in [0.1, 0.15) is 11.9 Å². The van der Waals surface area contributed by atoms with Gasteiger partial charge in [-0.05, 0) is 37.3 Å². The number of H-pyrrole nitrogens is 2. The van der Waals surface area contributed by atoms with Crippen LogP contribution in [0.5, 0.6) is 0 Å². The zero-order chi connectivity index (χ0) is 21.7. The van der Waals surface area contributed by atoms with Crippen molar-refractivity contribution in [2.75, 3.05) is 11.1 Å². The standard InChI is InChI=1S/C23H27N5OS/c1-14(2)10-20-16(4)25-23(27-20)30-13-21(29)28-22-18(12-24)15(3)19(26-22)11-17-8-6-5-7-9-17/h5-9,14,26H,10-11,13H2,1-4H3,(H,25,27)(H,28,29). The molecule has 0 spiro atoms. The van der Waals surface area contributed by atoms with E-state index in [1.165, 1.54) is 11.8 Å². The zero-order valence-corrected chi connectivity index (χ0v) is 18.6. The van der Waals surface area contributed by atoms with E-state index in [1.807, 2.05) is 44.2 Å². The zero-order valence-electron chi connectivity index (χ0n) is 17.8. The summed E-state index contributed by atoms with van der Waals surface area (Å²) in [6.45, 7) is 8.22. The first kappa shape index (κ1) is 21.7. The Morgan fingerprint density at radius 3 is 2.63 bits per heavy atom. The number of thioether (sulfide) groups is 1. The summed E-state index contributed by atoms with van der Waals surface area (Å²) in [6, 6.07) is 12.2. The fourth-order valence-electron chi connectivity index (χ4n) is 3.29. The fraction of sp³-hybridized carbons (Fsp3) is 0.348. The summed E-state index contributed by atoms with van der Waals surface area (Å²) in [7, 11) is 0. The molecule has 0 radical (unpaired) electrons. The molecule has 0 aliphatic heterocycles. The molecule has 3 rings (SSSR count). The quantitative estimate of drug-likeness (QED) is 0.457. The second-order valence-corrected chi connectivity index (χ2v) is 8.77. The molecule has 0 unspecified atom stereocenters. The normalized spacial score (nSPS) is 10.9. The van der Waals surface area contributed by atoms with E-state index in [0.29, 0.717) is 23.7 Å². The third-order valence-electron chi connectivity index (χ3n) is 4.86. The highest BCUT2D eigenvalue weighted by molar-refractivity contribution is 7.99. The Bertz CT molecular complexity index is 1060. The van der Waals surface area contributed by atoms with Gasteiger partial charge in [-0.25, -0.2) is 4.98 Å². The first-order valence-corrected chi connectivity index (χ1v) is 11.0. The first-order chi connectivity index (χ1) is 14.4. The van der Waals surface area contributed by atoms with Gasteiger partial charge in [0.05, 0.1) is 17.0 Å². The molecular weight excluding hydrogens is 394 g/mol. The van der Waals surface area contributed by atoms with Crippen LogP contribution in [0.2, 0.25) is 0 Å². The molecule has 0 bridgehead atoms. The minimum Gasteiger partial charge on any atom is -0.344 e. The summed E-state index contributed by atoms with van der Waals surface area (Å²) in [5, 5.41) is 13.2. The van der Waals surface area contributed by atoms with Gasteiger partial charge in [-0.3, -0.25) is 4.79 Å². The van der Waals surface area contributed by atoms with Crippen LogP contribution in [-0.2, 0) is 17.6 Å². The number of carbonyl (C=O) groups excluding carboxylic acids is 1. The highest BCUT2D eigenvalue weighted by Gasteiger charge is 2.17. The topological polar surface area (TPSA) is 97.4 Å². The van der Waals surface area contributed by atoms with Crippen molar-refractivity contribution >= 4 is 23.5 Å². The van der Waals surface area contributed by atoms with Crippen molar-refractivity contribution in [3.05, 3.63) is 64.1 Å². The number of anilines is 1. The van der Waals surface area contributed by atoms with Gasteiger partial charge in [0.25, 0.3) is 0 Å². The van der Waals surface area contributed by atoms with E-state index in [0.717, 1.165) is 39.8 Å². The maximum Gasteiger partial charge on any atom is 0.235 e. The molecule has 30 heavy (non-hydrogen) atoms. The highest BCUT2D eigenvalue weighted by Crippen LogP contribution is 2.25. The molecule has 156 valence electrons. The number of rotatable bonds is 8. The summed E-state index contributed by atoms with van der Waals surface area (Å²) in [5.74, 6) is 1.02. The molecular formula is C23H27N5OS. The van der Waals surface area contributed by atoms with Crippen LogP contribution in [0.25, 0.3) is 0 Å². The third-order valence-corrected chi connectivity index (χ3v) is 5.73. The number of benzene rings is 1. The number of nitrogens with zero attached hydrogens (tertiary/aromatic N) is 2. The lowest BCUT2D eigenvalue weighted by Gasteiger charge is -2.03. The molecule has 0 saturated carbocycles. The fourth-order valence-corrected chi connectivity index (χ4v) is 4.03. The average molecular weight is 422 g/mol. The molecule has 6 nitrogen and oxygen atoms in total. The molecule has 2 heterocycles. The molecule has 0 aliphatic rings. The van der Waals surface area contributed by atoms with Crippen molar-refractivity contribution in [3.63, 3.8) is 0 Å². The van der Waals surface area contributed by atoms with Crippen LogP contribution in [0.15, 0.2) is 35.5 Å². The van der Waals surface area contributed by atoms with Crippen molar-refractivity contribution in [1.82, 2.24) is 15.0 Å². The van der Waals surface area contributed by atoms with Crippen molar-refractivity contribution < 1.29 is 4.79 Å². The number of hydrogen-bond donors (Lipinski definition) is 3. The highest BCUT2D eigenvalue weighted by atomic mass is 32.2. The molecule has 3 aromatic rings. The van der Waals surface area contributed by atoms with Crippen molar-refractivity contribution in [2.45, 2.75) is 45.7 Å². The maximum atomic E-state index is 12.5. The molecule has 7 heteroatoms. The Morgan fingerprint density at radius 1 is 1.23 bits per heavy atom. The number of hydrogen-bond acceptors (Lipinski definition) is 4. The Kier molecular flexibility index (Phi) is 7.01. The summed E-state index contributed by atoms with van der Waals surface area (Å²) in [5.41, 5.74) is 5.51. The number of nitrogens with one attached hydrogen (secondary N) is 3. The number of nitriles is 1. The Labute approximate surface area is 181 Å². The van der Waals surface area contributed by atoms with Gasteiger partial charge < -0.3 is 15.3 Å². The molecule has 0 fully saturated rings. The van der Waals surface area contributed by atoms with Gasteiger partial charge in [0.2, 0.25) is 5.91 Å². The number of carbonyl (C=O) groups is 1. The van der Waals surface area contributed by atoms with Crippen molar-refractivity contribution in [1.29, 1.82) is 5.26 Å². The van der Waals surface area contributed by atoms with Gasteiger partial charge in [-0.2, -0.15) is 5.26 Å². The predicted molar refractivity (Wildman–Crippen MR) is 121 cm³/mol. The molecule has 2 aromatic heterocycles. The van der Waals surface area contributed by atoms with Crippen LogP contribution in [-0.4, -0.2) is 26.6 Å². The van der Waals surface area contributed by atoms with E-state index in [2.05, 4.69) is 40.2 Å². The largest absolute Gasteiger partial charge is 0.344 e. The maximum absolute atomic E-state index is 12.5. The summed E-state index contributed by atoms with van der Waals surface area (Å²) in [4.78, 5) is 23.6. The van der Waals surface area contributed by atoms with Gasteiger partial charge in [0, 0.05) is 17.8 Å². The molecule has 3 N–H and O–H groups in total. The number of aromatic nitrogens is 3. The number of imidazole rings is 1. The van der Waals surface area contributed by atoms with Gasteiger partial charge in [-0.1, -0.05) is 55.9 Å². The molecule has 1 aromatic carbocycles. The monoisotopic (exact) mass is 421 g/mol. The van der Waals surface area contributed by atoms with E-state index in [4.69, 9.17) is 0 Å². The SMILES string of the molecule is Cc1[nH]c(SCC(=O)Nc2[nH]c(Cc3ccccc3)c(C)c2C#N)nc1CC(C)C. The van der Waals surface area contributed by atoms with E-state index in [-0.39, 0.29) is 11.7 Å². The average Bonchev–Trinajstić information content (AvgIpc) is 3.19. The molecule has 1 amide bonds. The molecule has 0 aliphatic carbocycles. The lowest BCUT2D eigenvalue weighted by Crippen LogP contribution is -2.15. The Morgan fingerprint density at radius 2 is 1.97 bits per heavy atom. The van der Waals surface area contributed by atoms with Gasteiger partial charge >= 0.3 is 0 Å². The van der Waals surface area contributed by atoms with E-state index < -0.39 is 0 Å². The number of aryl methyl sites for hydroxylation is 1. The van der Waals surface area contributed by atoms with Crippen LogP contribution in [0.4, 0.5) is 5.82 Å². The predicted octanol–water partition coefficient (Wildman–Crippen LogP) is 4.75. The second-order valence-electron chi connectivity index (χ2n) is 7.80. The van der Waals surface area contributed by atoms with Crippen LogP contribution in [0.3, 0.4) is 0 Å². The minimum absolute atomic E-state index is 0.177. The van der Waals surface area contributed by atoms with Crippen LogP contribution < -0.4 is 5.32 Å². The van der Waals surface area contributed by atoms with E-state index >= 15 is 0 Å². The lowest BCUT2D eigenvalue weighted by molar-refractivity contribution is -0.113. The van der Waals surface area contributed by atoms with Crippen LogP contribution >= 0.6 is 11.8 Å². The molecule has 0 atom stereocenters. The Balaban J connectivity index is 1.65. The van der Waals surface area contributed by atoms with Gasteiger partial charge in [0.15, 0.2) is 5.16 Å². The third kappa shape index (κ3) is 5.33. The summed E-state index contributed by atoms with van der Waals surface area (Å²) in [6.07, 6.45) is 1.59. The van der Waals surface area contributed by atoms with E-state index in [9.17, 15) is 10.1 Å². The first-order valence-electron chi connectivity index (χ1n) is 10.0. The van der Waals surface area contributed by atoms with Crippen LogP contribution in [0.1, 0.15) is 47.6 Å². The number of aromatic amines is 2. The Hall–Kier alpha value is -2.98. The lowest BCUT2D eigenvalue weighted by atomic mass is 10.1. The smallest absolute Gasteiger partial charge is 0.235 e.